The van der Waals surface area contributed by atoms with E-state index in [-0.39, 0.29) is 17.4 Å². The molecule has 0 bridgehead atoms. The minimum atomic E-state index is -0.489. The predicted octanol–water partition coefficient (Wildman–Crippen LogP) is 4.58. The van der Waals surface area contributed by atoms with E-state index >= 15 is 0 Å². The maximum Gasteiger partial charge on any atom is 0.279 e. The normalized spacial score (nSPS) is 14.9. The van der Waals surface area contributed by atoms with Crippen molar-refractivity contribution in [2.45, 2.75) is 38.1 Å². The van der Waals surface area contributed by atoms with Crippen LogP contribution in [-0.4, -0.2) is 30.6 Å². The summed E-state index contributed by atoms with van der Waals surface area (Å²) in [5.41, 5.74) is 2.39. The number of H-pyrrole nitrogens is 1. The number of rotatable bonds is 4. The quantitative estimate of drug-likeness (QED) is 0.381. The largest absolute Gasteiger partial charge is 0.307 e. The van der Waals surface area contributed by atoms with Crippen molar-refractivity contribution in [3.05, 3.63) is 58.3 Å². The molecule has 5 rings (SSSR count). The number of benzene rings is 2. The van der Waals surface area contributed by atoms with Crippen LogP contribution in [0.5, 0.6) is 0 Å². The predicted molar refractivity (Wildman–Crippen MR) is 113 cm³/mol. The second-order valence-corrected chi connectivity index (χ2v) is 7.60. The van der Waals surface area contributed by atoms with Gasteiger partial charge in [-0.2, -0.15) is 5.10 Å². The number of anilines is 1. The summed E-state index contributed by atoms with van der Waals surface area (Å²) in [7, 11) is 0. The van der Waals surface area contributed by atoms with Gasteiger partial charge in [0, 0.05) is 23.6 Å². The molecule has 30 heavy (non-hydrogen) atoms. The fourth-order valence-corrected chi connectivity index (χ4v) is 4.29. The molecule has 0 unspecified atom stereocenters. The van der Waals surface area contributed by atoms with Crippen molar-refractivity contribution in [1.82, 2.24) is 19.7 Å². The molecule has 0 saturated heterocycles. The molecule has 0 spiro atoms. The topological polar surface area (TPSA) is 119 Å². The average Bonchev–Trinajstić information content (AvgIpc) is 3.34. The maximum absolute atomic E-state index is 13.1. The van der Waals surface area contributed by atoms with Gasteiger partial charge in [0.25, 0.3) is 11.6 Å². The average molecular weight is 404 g/mol. The van der Waals surface area contributed by atoms with Crippen molar-refractivity contribution in [1.29, 1.82) is 0 Å². The Kier molecular flexibility index (Phi) is 4.42. The fourth-order valence-electron chi connectivity index (χ4n) is 4.29. The number of amides is 1. The van der Waals surface area contributed by atoms with Gasteiger partial charge in [-0.1, -0.05) is 31.4 Å². The van der Waals surface area contributed by atoms with Crippen molar-refractivity contribution in [2.24, 2.45) is 0 Å². The lowest BCUT2D eigenvalue weighted by molar-refractivity contribution is -0.384. The van der Waals surface area contributed by atoms with E-state index in [1.54, 1.807) is 6.07 Å². The van der Waals surface area contributed by atoms with E-state index in [1.807, 2.05) is 24.3 Å². The Balaban J connectivity index is 1.54. The Hall–Kier alpha value is -3.75. The van der Waals surface area contributed by atoms with Crippen molar-refractivity contribution < 1.29 is 9.72 Å². The van der Waals surface area contributed by atoms with Crippen LogP contribution in [0.25, 0.3) is 21.9 Å². The zero-order valence-corrected chi connectivity index (χ0v) is 16.2. The molecule has 9 heteroatoms. The fraction of sp³-hybridized carbons (Fsp3) is 0.286. The number of nitrogens with one attached hydrogen (secondary N) is 2. The Morgan fingerprint density at radius 2 is 1.97 bits per heavy atom. The Bertz CT molecular complexity index is 1270. The van der Waals surface area contributed by atoms with E-state index in [2.05, 4.69) is 25.1 Å². The molecule has 0 atom stereocenters. The highest BCUT2D eigenvalue weighted by Crippen LogP contribution is 2.34. The number of non-ortho nitro benzene ring substituents is 1. The first kappa shape index (κ1) is 18.3. The summed E-state index contributed by atoms with van der Waals surface area (Å²) in [4.78, 5) is 28.3. The molecule has 9 nitrogen and oxygen atoms in total. The molecule has 1 aliphatic carbocycles. The summed E-state index contributed by atoms with van der Waals surface area (Å²) in [5.74, 6) is 0.0313. The second-order valence-electron chi connectivity index (χ2n) is 7.60. The summed E-state index contributed by atoms with van der Waals surface area (Å²) in [5, 5.41) is 21.3. The highest BCUT2D eigenvalue weighted by molar-refractivity contribution is 6.11. The number of fused-ring (bicyclic) bond motifs is 2. The molecular weight excluding hydrogens is 384 g/mol. The minimum Gasteiger partial charge on any atom is -0.307 e. The third-order valence-electron chi connectivity index (χ3n) is 5.73. The standard InChI is InChI=1S/C21H20N6O3/c28-20(19-15-12-14(27(29)30)10-11-16(15)24-25-19)23-21-22-17-8-4-5-9-18(17)26(21)13-6-2-1-3-7-13/h4-5,8-13H,1-3,6-7H2,(H,24,25)(H,22,23,28). The summed E-state index contributed by atoms with van der Waals surface area (Å²) >= 11 is 0. The summed E-state index contributed by atoms with van der Waals surface area (Å²) in [6.07, 6.45) is 5.61. The Morgan fingerprint density at radius 3 is 2.77 bits per heavy atom. The maximum atomic E-state index is 13.1. The zero-order chi connectivity index (χ0) is 20.7. The van der Waals surface area contributed by atoms with Gasteiger partial charge in [-0.3, -0.25) is 25.3 Å². The van der Waals surface area contributed by atoms with E-state index < -0.39 is 10.8 Å². The Morgan fingerprint density at radius 1 is 1.17 bits per heavy atom. The molecule has 0 radical (unpaired) electrons. The lowest BCUT2D eigenvalue weighted by Gasteiger charge is -2.25. The van der Waals surface area contributed by atoms with E-state index in [9.17, 15) is 14.9 Å². The van der Waals surface area contributed by atoms with Crippen molar-refractivity contribution in [3.8, 4) is 0 Å². The molecule has 152 valence electrons. The van der Waals surface area contributed by atoms with Crippen LogP contribution in [0, 0.1) is 10.1 Å². The van der Waals surface area contributed by atoms with Gasteiger partial charge in [-0.05, 0) is 31.0 Å². The van der Waals surface area contributed by atoms with Crippen LogP contribution >= 0.6 is 0 Å². The molecule has 1 fully saturated rings. The van der Waals surface area contributed by atoms with E-state index in [0.717, 1.165) is 36.7 Å². The molecule has 4 aromatic rings. The van der Waals surface area contributed by atoms with Crippen LogP contribution in [0.4, 0.5) is 11.6 Å². The first-order valence-electron chi connectivity index (χ1n) is 10.0. The number of imidazole rings is 1. The summed E-state index contributed by atoms with van der Waals surface area (Å²) in [6.45, 7) is 0. The van der Waals surface area contributed by atoms with Crippen LogP contribution in [0.15, 0.2) is 42.5 Å². The number of nitro groups is 1. The number of nitrogens with zero attached hydrogens (tertiary/aromatic N) is 4. The highest BCUT2D eigenvalue weighted by atomic mass is 16.6. The molecule has 2 heterocycles. The Labute approximate surface area is 171 Å². The molecule has 0 aliphatic heterocycles. The molecule has 2 aromatic carbocycles. The number of aromatic nitrogens is 4. The van der Waals surface area contributed by atoms with Crippen LogP contribution in [0.2, 0.25) is 0 Å². The van der Waals surface area contributed by atoms with Gasteiger partial charge < -0.3 is 4.57 Å². The zero-order valence-electron chi connectivity index (χ0n) is 16.2. The van der Waals surface area contributed by atoms with Crippen molar-refractivity contribution in [2.75, 3.05) is 5.32 Å². The van der Waals surface area contributed by atoms with Crippen LogP contribution < -0.4 is 5.32 Å². The van der Waals surface area contributed by atoms with Crippen LogP contribution in [-0.2, 0) is 0 Å². The number of carbonyl (C=O) groups is 1. The lowest BCUT2D eigenvalue weighted by Crippen LogP contribution is -2.20. The van der Waals surface area contributed by atoms with Crippen molar-refractivity contribution in [3.63, 3.8) is 0 Å². The smallest absolute Gasteiger partial charge is 0.279 e. The van der Waals surface area contributed by atoms with Gasteiger partial charge in [0.15, 0.2) is 5.69 Å². The summed E-state index contributed by atoms with van der Waals surface area (Å²) < 4.78 is 2.11. The van der Waals surface area contributed by atoms with E-state index in [4.69, 9.17) is 0 Å². The van der Waals surface area contributed by atoms with Gasteiger partial charge in [0.2, 0.25) is 5.95 Å². The third-order valence-corrected chi connectivity index (χ3v) is 5.73. The summed E-state index contributed by atoms with van der Waals surface area (Å²) in [6, 6.07) is 12.4. The first-order valence-corrected chi connectivity index (χ1v) is 10.0. The number of hydrogen-bond donors (Lipinski definition) is 2. The number of para-hydroxylation sites is 2. The molecule has 2 N–H and O–H groups in total. The number of aromatic amines is 1. The number of hydrogen-bond acceptors (Lipinski definition) is 5. The SMILES string of the molecule is O=C(Nc1nc2ccccc2n1C1CCCCC1)c1n[nH]c2ccc([N+](=O)[O-])cc12. The van der Waals surface area contributed by atoms with Gasteiger partial charge in [-0.15, -0.1) is 0 Å². The first-order chi connectivity index (χ1) is 14.6. The third kappa shape index (κ3) is 3.08. The van der Waals surface area contributed by atoms with Gasteiger partial charge in [0.1, 0.15) is 0 Å². The molecule has 1 amide bonds. The number of carbonyl (C=O) groups excluding carboxylic acids is 1. The number of nitro benzene ring substituents is 1. The molecule has 2 aromatic heterocycles. The van der Waals surface area contributed by atoms with E-state index in [1.165, 1.54) is 18.6 Å². The van der Waals surface area contributed by atoms with Gasteiger partial charge in [-0.25, -0.2) is 4.98 Å². The molecular formula is C21H20N6O3. The van der Waals surface area contributed by atoms with Gasteiger partial charge >= 0.3 is 0 Å². The molecule has 1 aliphatic rings. The van der Waals surface area contributed by atoms with E-state index in [0.29, 0.717) is 16.9 Å². The minimum absolute atomic E-state index is 0.0904. The van der Waals surface area contributed by atoms with Crippen molar-refractivity contribution >= 4 is 39.5 Å². The van der Waals surface area contributed by atoms with Crippen LogP contribution in [0.3, 0.4) is 0 Å². The molecule has 1 saturated carbocycles. The monoisotopic (exact) mass is 404 g/mol. The van der Waals surface area contributed by atoms with Crippen LogP contribution in [0.1, 0.15) is 48.6 Å². The van der Waals surface area contributed by atoms with Gasteiger partial charge in [0.05, 0.1) is 21.5 Å². The highest BCUT2D eigenvalue weighted by Gasteiger charge is 2.24. The lowest BCUT2D eigenvalue weighted by atomic mass is 9.95. The second kappa shape index (κ2) is 7.25.